The molecule has 1 aliphatic heterocycles. The molecule has 1 heterocycles. The summed E-state index contributed by atoms with van der Waals surface area (Å²) in [6.45, 7) is 2.18. The zero-order chi connectivity index (χ0) is 14.9. The van der Waals surface area contributed by atoms with Gasteiger partial charge < -0.3 is 0 Å². The van der Waals surface area contributed by atoms with Crippen molar-refractivity contribution < 1.29 is 0 Å². The first-order chi connectivity index (χ1) is 10.8. The normalized spacial score (nSPS) is 13.4. The molecule has 0 aromatic heterocycles. The molecule has 0 spiro atoms. The number of allylic oxidation sites excluding steroid dienone is 2. The van der Waals surface area contributed by atoms with Gasteiger partial charge in [0, 0.05) is 5.56 Å². The summed E-state index contributed by atoms with van der Waals surface area (Å²) in [4.78, 5) is 4.95. The molecule has 0 radical (unpaired) electrons. The van der Waals surface area contributed by atoms with Crippen LogP contribution in [0, 0.1) is 0 Å². The van der Waals surface area contributed by atoms with Crippen molar-refractivity contribution in [3.63, 3.8) is 0 Å². The number of aliphatic imine (C=N–C) groups is 1. The molecule has 0 saturated heterocycles. The van der Waals surface area contributed by atoms with Gasteiger partial charge in [0.1, 0.15) is 0 Å². The lowest BCUT2D eigenvalue weighted by molar-refractivity contribution is 1.16. The molecule has 23 heavy (non-hydrogen) atoms. The highest BCUT2D eigenvalue weighted by atomic mass is 35.5. The number of hydrogen-bond donors (Lipinski definition) is 0. The summed E-state index contributed by atoms with van der Waals surface area (Å²) in [7, 11) is 0. The van der Waals surface area contributed by atoms with Gasteiger partial charge >= 0.3 is 0 Å². The van der Waals surface area contributed by atoms with Crippen molar-refractivity contribution in [2.45, 2.75) is 13.3 Å². The lowest BCUT2D eigenvalue weighted by atomic mass is 10.00. The second kappa shape index (κ2) is 6.39. The van der Waals surface area contributed by atoms with Gasteiger partial charge in [-0.1, -0.05) is 60.2 Å². The van der Waals surface area contributed by atoms with Crippen LogP contribution in [0.2, 0.25) is 0 Å². The molecule has 0 unspecified atom stereocenters. The summed E-state index contributed by atoms with van der Waals surface area (Å²) in [5, 5.41) is 2.53. The van der Waals surface area contributed by atoms with Gasteiger partial charge in [0.25, 0.3) is 0 Å². The Balaban J connectivity index is 0.00000156. The van der Waals surface area contributed by atoms with E-state index in [2.05, 4.69) is 73.7 Å². The lowest BCUT2D eigenvalue weighted by Crippen LogP contribution is -1.96. The van der Waals surface area contributed by atoms with Gasteiger partial charge in [-0.2, -0.15) is 0 Å². The fraction of sp³-hybridized carbons (Fsp3) is 0.0952. The van der Waals surface area contributed by atoms with E-state index in [-0.39, 0.29) is 12.4 Å². The maximum absolute atomic E-state index is 4.95. The number of halogens is 1. The number of nitrogens with zero attached hydrogens (tertiary/aromatic N) is 1. The molecule has 1 nitrogen and oxygen atoms in total. The van der Waals surface area contributed by atoms with Gasteiger partial charge in [0.05, 0.1) is 11.4 Å². The Morgan fingerprint density at radius 1 is 0.826 bits per heavy atom. The van der Waals surface area contributed by atoms with Gasteiger partial charge in [-0.3, -0.25) is 0 Å². The average Bonchev–Trinajstić information content (AvgIpc) is 2.71. The molecule has 0 aliphatic carbocycles. The van der Waals surface area contributed by atoms with Gasteiger partial charge in [0.2, 0.25) is 0 Å². The summed E-state index contributed by atoms with van der Waals surface area (Å²) in [5.74, 6) is 0. The third kappa shape index (κ3) is 3.06. The van der Waals surface area contributed by atoms with Crippen LogP contribution in [0.4, 0.5) is 5.69 Å². The summed E-state index contributed by atoms with van der Waals surface area (Å²) >= 11 is 0. The van der Waals surface area contributed by atoms with E-state index in [0.717, 1.165) is 17.8 Å². The van der Waals surface area contributed by atoms with E-state index in [0.29, 0.717) is 0 Å². The Labute approximate surface area is 142 Å². The Kier molecular flexibility index (Phi) is 4.31. The topological polar surface area (TPSA) is 12.4 Å². The standard InChI is InChI=1S/C21H17N.ClH/c1-15-11-19-13-17-9-5-6-10-18(17)14-21(19)22-20(12-15)16-7-3-2-4-8-16;/h2-10,12-14H,11H2,1H3;1H. The smallest absolute Gasteiger partial charge is 0.0708 e. The van der Waals surface area contributed by atoms with Crippen LogP contribution in [0.1, 0.15) is 18.1 Å². The Hall–Kier alpha value is -2.38. The van der Waals surface area contributed by atoms with Crippen LogP contribution < -0.4 is 0 Å². The molecule has 3 aromatic rings. The monoisotopic (exact) mass is 319 g/mol. The first-order valence-electron chi connectivity index (χ1n) is 7.62. The molecular formula is C21H18ClN. The van der Waals surface area contributed by atoms with Crippen LogP contribution in [0.25, 0.3) is 10.8 Å². The average molecular weight is 320 g/mol. The molecule has 0 amide bonds. The van der Waals surface area contributed by atoms with Crippen molar-refractivity contribution in [2.75, 3.05) is 0 Å². The second-order valence-corrected chi connectivity index (χ2v) is 5.86. The van der Waals surface area contributed by atoms with E-state index in [1.807, 2.05) is 6.07 Å². The number of benzene rings is 3. The van der Waals surface area contributed by atoms with Gasteiger partial charge in [-0.15, -0.1) is 12.4 Å². The van der Waals surface area contributed by atoms with Crippen LogP contribution in [0.3, 0.4) is 0 Å². The third-order valence-corrected chi connectivity index (χ3v) is 4.11. The van der Waals surface area contributed by atoms with Gasteiger partial charge in [-0.05, 0) is 47.9 Å². The molecule has 3 aromatic carbocycles. The predicted molar refractivity (Wildman–Crippen MR) is 101 cm³/mol. The fourth-order valence-electron chi connectivity index (χ4n) is 3.02. The van der Waals surface area contributed by atoms with Crippen LogP contribution >= 0.6 is 12.4 Å². The van der Waals surface area contributed by atoms with Crippen molar-refractivity contribution in [3.8, 4) is 0 Å². The van der Waals surface area contributed by atoms with Crippen molar-refractivity contribution in [1.29, 1.82) is 0 Å². The maximum Gasteiger partial charge on any atom is 0.0708 e. The summed E-state index contributed by atoms with van der Waals surface area (Å²) < 4.78 is 0. The van der Waals surface area contributed by atoms with Crippen molar-refractivity contribution in [2.24, 2.45) is 4.99 Å². The number of hydrogen-bond acceptors (Lipinski definition) is 1. The van der Waals surface area contributed by atoms with E-state index < -0.39 is 0 Å². The molecule has 2 heteroatoms. The summed E-state index contributed by atoms with van der Waals surface area (Å²) in [6.07, 6.45) is 3.17. The molecule has 4 rings (SSSR count). The molecule has 1 aliphatic rings. The van der Waals surface area contributed by atoms with E-state index in [9.17, 15) is 0 Å². The minimum absolute atomic E-state index is 0. The van der Waals surface area contributed by atoms with Crippen LogP contribution in [-0.4, -0.2) is 5.71 Å². The quantitative estimate of drug-likeness (QED) is 0.530. The van der Waals surface area contributed by atoms with Crippen molar-refractivity contribution >= 4 is 34.6 Å². The fourth-order valence-corrected chi connectivity index (χ4v) is 3.02. The van der Waals surface area contributed by atoms with Crippen molar-refractivity contribution in [1.82, 2.24) is 0 Å². The van der Waals surface area contributed by atoms with Crippen LogP contribution in [0.15, 0.2) is 83.4 Å². The number of fused-ring (bicyclic) bond motifs is 2. The number of rotatable bonds is 1. The Morgan fingerprint density at radius 2 is 1.48 bits per heavy atom. The molecule has 0 atom stereocenters. The minimum atomic E-state index is 0. The molecule has 0 bridgehead atoms. The molecule has 0 saturated carbocycles. The second-order valence-electron chi connectivity index (χ2n) is 5.86. The highest BCUT2D eigenvalue weighted by molar-refractivity contribution is 6.11. The summed E-state index contributed by atoms with van der Waals surface area (Å²) in [6, 6.07) is 23.4. The van der Waals surface area contributed by atoms with Gasteiger partial charge in [0.15, 0.2) is 0 Å². The highest BCUT2D eigenvalue weighted by Gasteiger charge is 2.11. The highest BCUT2D eigenvalue weighted by Crippen LogP contribution is 2.31. The molecule has 114 valence electrons. The van der Waals surface area contributed by atoms with E-state index in [1.54, 1.807) is 0 Å². The van der Waals surface area contributed by atoms with Gasteiger partial charge in [-0.25, -0.2) is 4.99 Å². The zero-order valence-electron chi connectivity index (χ0n) is 13.0. The SMILES string of the molecule is CC1=CC(c2ccccc2)=Nc2cc3ccccc3cc2C1.Cl. The minimum Gasteiger partial charge on any atom is -0.248 e. The lowest BCUT2D eigenvalue weighted by Gasteiger charge is -2.07. The molecule has 0 fully saturated rings. The van der Waals surface area contributed by atoms with E-state index >= 15 is 0 Å². The Bertz CT molecular complexity index is 908. The maximum atomic E-state index is 4.95. The summed E-state index contributed by atoms with van der Waals surface area (Å²) in [5.41, 5.74) is 5.95. The van der Waals surface area contributed by atoms with E-state index in [4.69, 9.17) is 4.99 Å². The Morgan fingerprint density at radius 3 is 2.22 bits per heavy atom. The first-order valence-corrected chi connectivity index (χ1v) is 7.62. The molecular weight excluding hydrogens is 302 g/mol. The van der Waals surface area contributed by atoms with Crippen molar-refractivity contribution in [3.05, 3.63) is 89.5 Å². The zero-order valence-corrected chi connectivity index (χ0v) is 13.8. The first kappa shape index (κ1) is 15.5. The largest absolute Gasteiger partial charge is 0.248 e. The molecule has 0 N–H and O–H groups in total. The van der Waals surface area contributed by atoms with E-state index in [1.165, 1.54) is 27.5 Å². The predicted octanol–water partition coefficient (Wildman–Crippen LogP) is 5.88. The van der Waals surface area contributed by atoms with Crippen LogP contribution in [-0.2, 0) is 6.42 Å². The van der Waals surface area contributed by atoms with Crippen LogP contribution in [0.5, 0.6) is 0 Å². The third-order valence-electron chi connectivity index (χ3n) is 4.11.